The highest BCUT2D eigenvalue weighted by molar-refractivity contribution is 7.49. The zero-order chi connectivity index (χ0) is 10.6. The largest absolute Gasteiger partial charge is 0.809 e. The summed E-state index contributed by atoms with van der Waals surface area (Å²) in [5, 5.41) is 17.6. The maximum Gasteiger partial charge on any atom is 0.242 e. The van der Waals surface area contributed by atoms with Crippen LogP contribution in [0, 0.1) is 0 Å². The molecule has 0 fully saturated rings. The Hall–Kier alpha value is -0.540. The van der Waals surface area contributed by atoms with Crippen LogP contribution < -0.4 is 22.1 Å². The normalized spacial score (nSPS) is 12.1. The first-order valence-corrected chi connectivity index (χ1v) is 5.03. The summed E-state index contributed by atoms with van der Waals surface area (Å²) in [6.45, 7) is 0.658. The lowest BCUT2D eigenvalue weighted by Gasteiger charge is -2.34. The minimum absolute atomic E-state index is 0. The van der Waals surface area contributed by atoms with E-state index in [2.05, 4.69) is 0 Å². The summed E-state index contributed by atoms with van der Waals surface area (Å²) in [4.78, 5) is 30.7. The number of hydrogen-bond donors (Lipinski definition) is 4. The van der Waals surface area contributed by atoms with Gasteiger partial charge in [0.1, 0.15) is 0 Å². The maximum absolute atomic E-state index is 10.4. The van der Waals surface area contributed by atoms with Crippen molar-refractivity contribution in [2.24, 2.45) is 0 Å². The van der Waals surface area contributed by atoms with Crippen LogP contribution in [0.3, 0.4) is 0 Å². The van der Waals surface area contributed by atoms with E-state index in [1.54, 1.807) is 0 Å². The van der Waals surface area contributed by atoms with Gasteiger partial charge in [-0.1, -0.05) is 0 Å². The van der Waals surface area contributed by atoms with Crippen LogP contribution in [0.4, 0.5) is 0 Å². The van der Waals surface area contributed by atoms with E-state index in [1.807, 2.05) is 0 Å². The third kappa shape index (κ3) is 8.45. The van der Waals surface area contributed by atoms with Crippen LogP contribution in [0.15, 0.2) is 0 Å². The molecule has 0 aromatic rings. The van der Waals surface area contributed by atoms with Crippen LogP contribution in [-0.2, 0) is 9.36 Å². The molecule has 0 saturated heterocycles. The van der Waals surface area contributed by atoms with Crippen molar-refractivity contribution in [2.45, 2.75) is 19.2 Å². The Kier molecular flexibility index (Phi) is 10.3. The number of quaternary nitrogens is 2. The van der Waals surface area contributed by atoms with Crippen molar-refractivity contribution in [3.63, 3.8) is 0 Å². The average molecular weight is 247 g/mol. The summed E-state index contributed by atoms with van der Waals surface area (Å²) in [6, 6.07) is 0. The molecular weight excluding hydrogens is 229 g/mol. The fourth-order valence-electron chi connectivity index (χ4n) is 0.553. The lowest BCUT2D eigenvalue weighted by atomic mass is 10.4. The molecular formula is C5H18N3O6P. The van der Waals surface area contributed by atoms with Gasteiger partial charge in [-0.05, 0) is 14.0 Å². The molecule has 0 heterocycles. The predicted molar refractivity (Wildman–Crippen MR) is 49.4 cm³/mol. The smallest absolute Gasteiger partial charge is 0.242 e. The molecule has 0 spiro atoms. The Bertz CT molecular complexity index is 231. The zero-order valence-electron chi connectivity index (χ0n) is 8.91. The first-order chi connectivity index (χ1) is 5.75. The highest BCUT2D eigenvalue weighted by Crippen LogP contribution is 2.31. The molecule has 0 aliphatic heterocycles. The Balaban J connectivity index is -0.000000720. The fourth-order valence-corrected chi connectivity index (χ4v) is 0.985. The molecule has 9 nitrogen and oxygen atoms in total. The number of hydroxylamine groups is 2. The lowest BCUT2D eigenvalue weighted by molar-refractivity contribution is -0.322. The van der Waals surface area contributed by atoms with E-state index < -0.39 is 32.3 Å². The second-order valence-corrected chi connectivity index (χ2v) is 4.13. The number of carbonyl (C=O) groups excluding carboxylic acids is 1. The molecule has 0 aromatic heterocycles. The van der Waals surface area contributed by atoms with Gasteiger partial charge < -0.3 is 31.8 Å². The number of amides is 1. The SMILES string of the molecule is CC(=O)N(O)CCC(O)P(=O)([O-])[O-].[NH4+].[NH4+]. The minimum Gasteiger partial charge on any atom is -0.809 e. The van der Waals surface area contributed by atoms with E-state index in [0.717, 1.165) is 6.92 Å². The molecule has 0 aliphatic carbocycles. The van der Waals surface area contributed by atoms with Crippen LogP contribution >= 0.6 is 7.60 Å². The van der Waals surface area contributed by atoms with Gasteiger partial charge in [-0.25, -0.2) is 5.06 Å². The first kappa shape index (κ1) is 19.9. The van der Waals surface area contributed by atoms with Gasteiger partial charge in [0.2, 0.25) is 5.91 Å². The van der Waals surface area contributed by atoms with Crippen molar-refractivity contribution in [2.75, 3.05) is 6.54 Å². The van der Waals surface area contributed by atoms with E-state index in [1.165, 1.54) is 0 Å². The van der Waals surface area contributed by atoms with Gasteiger partial charge in [0.15, 0.2) is 0 Å². The second kappa shape index (κ2) is 7.71. The molecule has 1 atom stereocenters. The van der Waals surface area contributed by atoms with Crippen molar-refractivity contribution in [3.05, 3.63) is 0 Å². The summed E-state index contributed by atoms with van der Waals surface area (Å²) in [6.07, 6.45) is -0.500. The van der Waals surface area contributed by atoms with Crippen molar-refractivity contribution >= 4 is 13.5 Å². The Morgan fingerprint density at radius 3 is 2.13 bits per heavy atom. The molecule has 94 valence electrons. The summed E-state index contributed by atoms with van der Waals surface area (Å²) in [7, 11) is -5.04. The summed E-state index contributed by atoms with van der Waals surface area (Å²) in [5.74, 6) is -2.76. The highest BCUT2D eigenvalue weighted by Gasteiger charge is 2.11. The van der Waals surface area contributed by atoms with Gasteiger partial charge in [0.25, 0.3) is 0 Å². The number of aliphatic hydroxyl groups is 1. The number of hydrogen-bond acceptors (Lipinski definition) is 6. The number of nitrogens with zero attached hydrogens (tertiary/aromatic N) is 1. The molecule has 0 rings (SSSR count). The molecule has 15 heavy (non-hydrogen) atoms. The van der Waals surface area contributed by atoms with Crippen LogP contribution in [0.25, 0.3) is 0 Å². The maximum atomic E-state index is 10.4. The number of rotatable bonds is 4. The Morgan fingerprint density at radius 1 is 1.47 bits per heavy atom. The van der Waals surface area contributed by atoms with Crippen LogP contribution in [0.2, 0.25) is 0 Å². The van der Waals surface area contributed by atoms with Crippen molar-refractivity contribution in [1.82, 2.24) is 17.4 Å². The Morgan fingerprint density at radius 2 is 1.87 bits per heavy atom. The molecule has 10 N–H and O–H groups in total. The lowest BCUT2D eigenvalue weighted by Crippen LogP contribution is -2.32. The van der Waals surface area contributed by atoms with Crippen LogP contribution in [-0.4, -0.2) is 33.7 Å². The Labute approximate surface area is 87.0 Å². The molecule has 10 heteroatoms. The number of aliphatic hydroxyl groups excluding tert-OH is 1. The minimum atomic E-state index is -5.04. The van der Waals surface area contributed by atoms with Crippen LogP contribution in [0.5, 0.6) is 0 Å². The van der Waals surface area contributed by atoms with Crippen molar-refractivity contribution < 1.29 is 29.5 Å². The monoisotopic (exact) mass is 247 g/mol. The molecule has 0 bridgehead atoms. The third-order valence-corrected chi connectivity index (χ3v) is 2.32. The fraction of sp³-hybridized carbons (Fsp3) is 0.800. The summed E-state index contributed by atoms with van der Waals surface area (Å²) in [5.41, 5.74) is 0. The van der Waals surface area contributed by atoms with Gasteiger partial charge in [-0.3, -0.25) is 10.0 Å². The zero-order valence-corrected chi connectivity index (χ0v) is 9.81. The number of carbonyl (C=O) groups is 1. The van der Waals surface area contributed by atoms with Crippen LogP contribution in [0.1, 0.15) is 13.3 Å². The predicted octanol–water partition coefficient (Wildman–Crippen LogP) is -1.40. The first-order valence-electron chi connectivity index (χ1n) is 3.42. The molecule has 1 unspecified atom stereocenters. The van der Waals surface area contributed by atoms with E-state index in [9.17, 15) is 19.1 Å². The average Bonchev–Trinajstić information content (AvgIpc) is 1.97. The topological polar surface area (TPSA) is 197 Å². The summed E-state index contributed by atoms with van der Waals surface area (Å²) >= 11 is 0. The van der Waals surface area contributed by atoms with Crippen molar-refractivity contribution in [1.29, 1.82) is 0 Å². The van der Waals surface area contributed by atoms with E-state index in [-0.39, 0.29) is 17.4 Å². The molecule has 0 saturated carbocycles. The molecule has 0 aromatic carbocycles. The van der Waals surface area contributed by atoms with Crippen molar-refractivity contribution in [3.8, 4) is 0 Å². The second-order valence-electron chi connectivity index (χ2n) is 2.45. The molecule has 0 radical (unpaired) electrons. The third-order valence-electron chi connectivity index (χ3n) is 1.33. The van der Waals surface area contributed by atoms with Gasteiger partial charge in [-0.15, -0.1) is 0 Å². The quantitative estimate of drug-likeness (QED) is 0.267. The summed E-state index contributed by atoms with van der Waals surface area (Å²) < 4.78 is 10.2. The van der Waals surface area contributed by atoms with Gasteiger partial charge in [0.05, 0.1) is 12.4 Å². The van der Waals surface area contributed by atoms with Gasteiger partial charge >= 0.3 is 0 Å². The van der Waals surface area contributed by atoms with E-state index in [0.29, 0.717) is 0 Å². The standard InChI is InChI=1S/C5H12NO6P.2H3N/c1-4(7)6(9)3-2-5(8)13(10,11)12;;/h5,8-9H,2-3H2,1H3,(H2,10,11,12);2*1H3. The van der Waals surface area contributed by atoms with E-state index >= 15 is 0 Å². The highest BCUT2D eigenvalue weighted by atomic mass is 31.2. The molecule has 0 aliphatic rings. The molecule has 1 amide bonds. The van der Waals surface area contributed by atoms with Gasteiger partial charge in [-0.2, -0.15) is 0 Å². The van der Waals surface area contributed by atoms with E-state index in [4.69, 9.17) is 10.3 Å². The van der Waals surface area contributed by atoms with Gasteiger partial charge in [0, 0.05) is 6.92 Å².